The summed E-state index contributed by atoms with van der Waals surface area (Å²) in [5.41, 5.74) is 3.48. The zero-order chi connectivity index (χ0) is 23.3. The average Bonchev–Trinajstić information content (AvgIpc) is 2.89. The normalized spacial score (nSPS) is 14.3. The molecule has 1 saturated heterocycles. The molecule has 0 bridgehead atoms. The van der Waals surface area contributed by atoms with Crippen LogP contribution in [-0.4, -0.2) is 47.2 Å². The van der Waals surface area contributed by atoms with Gasteiger partial charge in [-0.3, -0.25) is 14.5 Å². The summed E-state index contributed by atoms with van der Waals surface area (Å²) in [4.78, 5) is 29.8. The minimum absolute atomic E-state index is 0.227. The van der Waals surface area contributed by atoms with E-state index in [0.717, 1.165) is 38.3 Å². The van der Waals surface area contributed by atoms with Gasteiger partial charge in [-0.15, -0.1) is 0 Å². The van der Waals surface area contributed by atoms with Crippen LogP contribution in [0.25, 0.3) is 10.8 Å². The molecular weight excluding hydrogens is 426 g/mol. The zero-order valence-electron chi connectivity index (χ0n) is 18.9. The maximum absolute atomic E-state index is 12.9. The maximum Gasteiger partial charge on any atom is 0.272 e. The summed E-state index contributed by atoms with van der Waals surface area (Å²) >= 11 is 0. The minimum atomic E-state index is -0.307. The van der Waals surface area contributed by atoms with E-state index < -0.39 is 0 Å². The van der Waals surface area contributed by atoms with Crippen LogP contribution in [-0.2, 0) is 13.1 Å². The zero-order valence-corrected chi connectivity index (χ0v) is 18.9. The summed E-state index contributed by atoms with van der Waals surface area (Å²) in [5, 5.41) is 10.4. The lowest BCUT2D eigenvalue weighted by Gasteiger charge is -2.36. The Morgan fingerprint density at radius 3 is 2.24 bits per heavy atom. The molecule has 0 aliphatic carbocycles. The molecule has 2 N–H and O–H groups in total. The predicted octanol–water partition coefficient (Wildman–Crippen LogP) is 3.18. The predicted molar refractivity (Wildman–Crippen MR) is 134 cm³/mol. The third-order valence-corrected chi connectivity index (χ3v) is 6.36. The van der Waals surface area contributed by atoms with Gasteiger partial charge in [-0.05, 0) is 29.3 Å². The number of nitrogens with zero attached hydrogens (tertiary/aromatic N) is 3. The largest absolute Gasteiger partial charge is 0.369 e. The average molecular weight is 454 g/mol. The quantitative estimate of drug-likeness (QED) is 0.469. The molecule has 1 aliphatic rings. The Morgan fingerprint density at radius 1 is 0.824 bits per heavy atom. The van der Waals surface area contributed by atoms with Crippen molar-refractivity contribution in [1.82, 2.24) is 20.4 Å². The molecule has 7 nitrogen and oxygen atoms in total. The first-order valence-electron chi connectivity index (χ1n) is 11.5. The number of amides is 1. The van der Waals surface area contributed by atoms with Crippen LogP contribution >= 0.6 is 0 Å². The van der Waals surface area contributed by atoms with Crippen LogP contribution in [0.5, 0.6) is 0 Å². The van der Waals surface area contributed by atoms with Crippen LogP contribution in [0.3, 0.4) is 0 Å². The van der Waals surface area contributed by atoms with E-state index in [1.165, 1.54) is 11.3 Å². The number of carbonyl (C=O) groups is 1. The Balaban J connectivity index is 1.23. The third kappa shape index (κ3) is 4.70. The molecule has 0 saturated carbocycles. The summed E-state index contributed by atoms with van der Waals surface area (Å²) in [5.74, 6) is -0.307. The van der Waals surface area contributed by atoms with E-state index in [2.05, 4.69) is 55.6 Å². The van der Waals surface area contributed by atoms with E-state index in [1.54, 1.807) is 24.3 Å². The maximum atomic E-state index is 12.9. The van der Waals surface area contributed by atoms with Gasteiger partial charge in [0.2, 0.25) is 0 Å². The summed E-state index contributed by atoms with van der Waals surface area (Å²) in [6, 6.07) is 25.7. The number of piperazine rings is 1. The smallest absolute Gasteiger partial charge is 0.272 e. The molecular formula is C27H27N5O2. The number of aromatic amines is 1. The fourth-order valence-corrected chi connectivity index (χ4v) is 4.48. The van der Waals surface area contributed by atoms with E-state index in [4.69, 9.17) is 0 Å². The van der Waals surface area contributed by atoms with Crippen molar-refractivity contribution in [2.45, 2.75) is 13.1 Å². The van der Waals surface area contributed by atoms with Gasteiger partial charge in [0.05, 0.1) is 5.39 Å². The molecule has 1 aliphatic heterocycles. The van der Waals surface area contributed by atoms with Crippen LogP contribution < -0.4 is 15.8 Å². The van der Waals surface area contributed by atoms with Crippen molar-refractivity contribution >= 4 is 22.4 Å². The van der Waals surface area contributed by atoms with Gasteiger partial charge >= 0.3 is 0 Å². The number of aromatic nitrogens is 2. The van der Waals surface area contributed by atoms with Crippen molar-refractivity contribution < 1.29 is 4.79 Å². The summed E-state index contributed by atoms with van der Waals surface area (Å²) < 4.78 is 0. The lowest BCUT2D eigenvalue weighted by molar-refractivity contribution is 0.0946. The molecule has 172 valence electrons. The van der Waals surface area contributed by atoms with E-state index >= 15 is 0 Å². The molecule has 2 heterocycles. The Labute approximate surface area is 198 Å². The lowest BCUT2D eigenvalue weighted by Crippen LogP contribution is -2.46. The fraction of sp³-hybridized carbons (Fsp3) is 0.222. The molecule has 0 atom stereocenters. The van der Waals surface area contributed by atoms with E-state index in [1.807, 2.05) is 24.3 Å². The molecule has 5 rings (SSSR count). The number of rotatable bonds is 6. The summed E-state index contributed by atoms with van der Waals surface area (Å²) in [6.07, 6.45) is 0. The molecule has 1 fully saturated rings. The van der Waals surface area contributed by atoms with Crippen LogP contribution in [0.2, 0.25) is 0 Å². The van der Waals surface area contributed by atoms with Crippen LogP contribution in [0, 0.1) is 0 Å². The Morgan fingerprint density at radius 2 is 1.47 bits per heavy atom. The van der Waals surface area contributed by atoms with Crippen LogP contribution in [0.4, 0.5) is 5.69 Å². The topological polar surface area (TPSA) is 81.3 Å². The number of hydrogen-bond donors (Lipinski definition) is 2. The van der Waals surface area contributed by atoms with E-state index in [9.17, 15) is 9.59 Å². The molecule has 0 spiro atoms. The Bertz CT molecular complexity index is 1340. The van der Waals surface area contributed by atoms with Gasteiger partial charge in [-0.2, -0.15) is 5.10 Å². The number of para-hydroxylation sites is 1. The highest BCUT2D eigenvalue weighted by Gasteiger charge is 2.19. The van der Waals surface area contributed by atoms with Gasteiger partial charge in [0, 0.05) is 50.3 Å². The van der Waals surface area contributed by atoms with Crippen molar-refractivity contribution in [3.05, 3.63) is 106 Å². The van der Waals surface area contributed by atoms with Gasteiger partial charge in [-0.25, -0.2) is 5.10 Å². The van der Waals surface area contributed by atoms with Crippen molar-refractivity contribution in [3.8, 4) is 0 Å². The number of benzene rings is 3. The molecule has 1 aromatic heterocycles. The third-order valence-electron chi connectivity index (χ3n) is 6.36. The molecule has 1 amide bonds. The Kier molecular flexibility index (Phi) is 6.35. The van der Waals surface area contributed by atoms with Crippen molar-refractivity contribution in [3.63, 3.8) is 0 Å². The first kappa shape index (κ1) is 21.9. The van der Waals surface area contributed by atoms with Gasteiger partial charge in [0.1, 0.15) is 0 Å². The number of nitrogens with one attached hydrogen (secondary N) is 2. The van der Waals surface area contributed by atoms with Crippen LogP contribution in [0.1, 0.15) is 21.6 Å². The monoisotopic (exact) mass is 453 g/mol. The number of hydrogen-bond acceptors (Lipinski definition) is 5. The second-order valence-electron chi connectivity index (χ2n) is 8.50. The Hall–Kier alpha value is -3.97. The lowest BCUT2D eigenvalue weighted by atomic mass is 10.1. The van der Waals surface area contributed by atoms with E-state index in [-0.39, 0.29) is 17.2 Å². The standard InChI is InChI=1S/C27H27N5O2/c33-26-24-13-7-6-12-23(24)25(29-30-26)27(34)28-18-20-8-4-5-9-21(20)19-31-14-16-32(17-15-31)22-10-2-1-3-11-22/h1-13H,14-19H2,(H,28,34)(H,30,33). The van der Waals surface area contributed by atoms with Gasteiger partial charge < -0.3 is 10.2 Å². The molecule has 0 unspecified atom stereocenters. The number of fused-ring (bicyclic) bond motifs is 1. The number of carbonyl (C=O) groups excluding carboxylic acids is 1. The first-order valence-corrected chi connectivity index (χ1v) is 11.5. The summed E-state index contributed by atoms with van der Waals surface area (Å²) in [7, 11) is 0. The molecule has 34 heavy (non-hydrogen) atoms. The molecule has 7 heteroatoms. The van der Waals surface area contributed by atoms with Crippen LogP contribution in [0.15, 0.2) is 83.7 Å². The van der Waals surface area contributed by atoms with Crippen molar-refractivity contribution in [1.29, 1.82) is 0 Å². The minimum Gasteiger partial charge on any atom is -0.369 e. The summed E-state index contributed by atoms with van der Waals surface area (Å²) in [6.45, 7) is 5.20. The van der Waals surface area contributed by atoms with Gasteiger partial charge in [-0.1, -0.05) is 60.7 Å². The number of H-pyrrole nitrogens is 1. The number of anilines is 1. The van der Waals surface area contributed by atoms with Gasteiger partial charge in [0.15, 0.2) is 5.69 Å². The molecule has 4 aromatic rings. The highest BCUT2D eigenvalue weighted by molar-refractivity contribution is 6.04. The SMILES string of the molecule is O=C(NCc1ccccc1CN1CCN(c2ccccc2)CC1)c1n[nH]c(=O)c2ccccc12. The van der Waals surface area contributed by atoms with Crippen molar-refractivity contribution in [2.75, 3.05) is 31.1 Å². The first-order chi connectivity index (χ1) is 16.7. The fourth-order valence-electron chi connectivity index (χ4n) is 4.48. The highest BCUT2D eigenvalue weighted by Crippen LogP contribution is 2.18. The molecule has 0 radical (unpaired) electrons. The highest BCUT2D eigenvalue weighted by atomic mass is 16.2. The van der Waals surface area contributed by atoms with E-state index in [0.29, 0.717) is 17.3 Å². The second kappa shape index (κ2) is 9.89. The molecule has 3 aromatic carbocycles. The second-order valence-corrected chi connectivity index (χ2v) is 8.50. The van der Waals surface area contributed by atoms with Crippen molar-refractivity contribution in [2.24, 2.45) is 0 Å². The van der Waals surface area contributed by atoms with Gasteiger partial charge in [0.25, 0.3) is 11.5 Å².